The van der Waals surface area contributed by atoms with Gasteiger partial charge in [0.05, 0.1) is 46.9 Å². The van der Waals surface area contributed by atoms with E-state index in [2.05, 4.69) is 0 Å². The number of carbonyl (C=O) groups excluding carboxylic acids is 4. The van der Waals surface area contributed by atoms with Gasteiger partial charge in [-0.15, -0.1) is 22.7 Å². The average molecular weight is 572 g/mol. The molecule has 3 aromatic rings. The maximum Gasteiger partial charge on any atom is 0.343 e. The fraction of sp³-hybridized carbons (Fsp3) is 0.259. The molecule has 0 saturated heterocycles. The van der Waals surface area contributed by atoms with Crippen molar-refractivity contribution in [1.82, 2.24) is 0 Å². The van der Waals surface area contributed by atoms with Crippen LogP contribution in [0, 0.1) is 13.8 Å². The van der Waals surface area contributed by atoms with Crippen LogP contribution in [0.15, 0.2) is 24.3 Å². The Morgan fingerprint density at radius 3 is 1.56 bits per heavy atom. The number of anilines is 1. The van der Waals surface area contributed by atoms with Crippen molar-refractivity contribution in [3.8, 4) is 17.2 Å². The van der Waals surface area contributed by atoms with Gasteiger partial charge in [-0.25, -0.2) is 14.5 Å². The fourth-order valence-corrected chi connectivity index (χ4v) is 6.37. The first-order valence-electron chi connectivity index (χ1n) is 11.8. The summed E-state index contributed by atoms with van der Waals surface area (Å²) in [6.07, 6.45) is 0. The molecule has 1 aliphatic rings. The molecular formula is C27H25NO9S2. The van der Waals surface area contributed by atoms with Gasteiger partial charge in [0.1, 0.15) is 28.4 Å². The molecule has 0 unspecified atom stereocenters. The summed E-state index contributed by atoms with van der Waals surface area (Å²) in [6, 6.07) is 6.18. The molecule has 2 aromatic heterocycles. The summed E-state index contributed by atoms with van der Waals surface area (Å²) in [6.45, 7) is 6.53. The summed E-state index contributed by atoms with van der Waals surface area (Å²) in [4.78, 5) is 54.4. The Labute approximate surface area is 231 Å². The lowest BCUT2D eigenvalue weighted by Crippen LogP contribution is -2.31. The highest BCUT2D eigenvalue weighted by molar-refractivity contribution is 7.16. The number of hydrogen-bond acceptors (Lipinski definition) is 11. The fourth-order valence-electron chi connectivity index (χ4n) is 4.21. The van der Waals surface area contributed by atoms with E-state index in [1.807, 2.05) is 0 Å². The summed E-state index contributed by atoms with van der Waals surface area (Å²) >= 11 is 1.87. The van der Waals surface area contributed by atoms with Crippen LogP contribution in [0.25, 0.3) is 11.1 Å². The van der Waals surface area contributed by atoms with E-state index in [4.69, 9.17) is 14.2 Å². The first kappa shape index (κ1) is 27.9. The first-order valence-corrected chi connectivity index (χ1v) is 13.5. The molecule has 2 amide bonds. The lowest BCUT2D eigenvalue weighted by atomic mass is 10.0. The van der Waals surface area contributed by atoms with Gasteiger partial charge in [-0.3, -0.25) is 9.59 Å². The second-order valence-corrected chi connectivity index (χ2v) is 10.7. The number of imide groups is 1. The molecule has 0 spiro atoms. The van der Waals surface area contributed by atoms with Gasteiger partial charge in [0.15, 0.2) is 0 Å². The van der Waals surface area contributed by atoms with Crippen molar-refractivity contribution in [2.45, 2.75) is 27.7 Å². The zero-order chi connectivity index (χ0) is 28.6. The topological polar surface area (TPSA) is 140 Å². The molecule has 0 saturated carbocycles. The second kappa shape index (κ2) is 10.9. The van der Waals surface area contributed by atoms with Crippen molar-refractivity contribution in [3.05, 3.63) is 54.9 Å². The third-order valence-electron chi connectivity index (χ3n) is 5.95. The Balaban J connectivity index is 1.98. The van der Waals surface area contributed by atoms with E-state index in [1.54, 1.807) is 39.8 Å². The van der Waals surface area contributed by atoms with E-state index in [1.165, 1.54) is 19.2 Å². The molecule has 39 heavy (non-hydrogen) atoms. The predicted octanol–water partition coefficient (Wildman–Crippen LogP) is 4.68. The summed E-state index contributed by atoms with van der Waals surface area (Å²) in [5.74, 6) is -3.65. The first-order chi connectivity index (χ1) is 18.6. The van der Waals surface area contributed by atoms with Gasteiger partial charge in [-0.1, -0.05) is 0 Å². The Kier molecular flexibility index (Phi) is 7.79. The van der Waals surface area contributed by atoms with Crippen molar-refractivity contribution in [2.75, 3.05) is 25.2 Å². The zero-order valence-electron chi connectivity index (χ0n) is 21.7. The van der Waals surface area contributed by atoms with Crippen LogP contribution in [-0.2, 0) is 19.1 Å². The smallest absolute Gasteiger partial charge is 0.343 e. The number of benzene rings is 1. The number of aryl methyl sites for hydroxylation is 2. The van der Waals surface area contributed by atoms with E-state index in [0.29, 0.717) is 15.5 Å². The molecule has 0 aliphatic carbocycles. The van der Waals surface area contributed by atoms with Crippen molar-refractivity contribution >= 4 is 63.3 Å². The number of thiophene rings is 2. The summed E-state index contributed by atoms with van der Waals surface area (Å²) in [5, 5.41) is 22.2. The molecule has 2 N–H and O–H groups in total. The van der Waals surface area contributed by atoms with Gasteiger partial charge in [-0.2, -0.15) is 0 Å². The zero-order valence-corrected chi connectivity index (χ0v) is 23.4. The number of nitrogens with zero attached hydrogens (tertiary/aromatic N) is 1. The Bertz CT molecular complexity index is 1440. The molecule has 1 aromatic carbocycles. The minimum absolute atomic E-state index is 0.0388. The molecule has 0 radical (unpaired) electrons. The number of hydrogen-bond donors (Lipinski definition) is 2. The predicted molar refractivity (Wildman–Crippen MR) is 146 cm³/mol. The number of aromatic hydroxyl groups is 2. The van der Waals surface area contributed by atoms with Crippen LogP contribution in [0.4, 0.5) is 5.69 Å². The van der Waals surface area contributed by atoms with Crippen molar-refractivity contribution in [1.29, 1.82) is 0 Å². The quantitative estimate of drug-likeness (QED) is 0.291. The van der Waals surface area contributed by atoms with Crippen LogP contribution in [0.3, 0.4) is 0 Å². The maximum absolute atomic E-state index is 13.9. The number of amides is 2. The highest BCUT2D eigenvalue weighted by Crippen LogP contribution is 2.50. The van der Waals surface area contributed by atoms with E-state index in [0.717, 1.165) is 27.6 Å². The Morgan fingerprint density at radius 2 is 1.21 bits per heavy atom. The molecule has 204 valence electrons. The minimum Gasteiger partial charge on any atom is -0.505 e. The van der Waals surface area contributed by atoms with E-state index in [9.17, 15) is 29.4 Å². The standard InChI is InChI=1S/C27H25NO9S2/c1-6-36-26(33)16-12(3)38-22(20(16)29)18-19(23-21(30)17(13(4)39-23)27(34)37-7-2)25(32)28(24(18)31)14-8-10-15(35-5)11-9-14/h8-11,29-30H,6-7H2,1-5H3. The van der Waals surface area contributed by atoms with Crippen LogP contribution in [0.5, 0.6) is 17.2 Å². The van der Waals surface area contributed by atoms with Gasteiger partial charge < -0.3 is 24.4 Å². The average Bonchev–Trinajstić information content (AvgIpc) is 3.45. The van der Waals surface area contributed by atoms with Gasteiger partial charge in [0, 0.05) is 9.75 Å². The van der Waals surface area contributed by atoms with Crippen LogP contribution in [0.2, 0.25) is 0 Å². The molecule has 0 fully saturated rings. The minimum atomic E-state index is -0.782. The highest BCUT2D eigenvalue weighted by atomic mass is 32.1. The van der Waals surface area contributed by atoms with Crippen molar-refractivity contribution in [3.63, 3.8) is 0 Å². The van der Waals surface area contributed by atoms with Gasteiger partial charge in [0.25, 0.3) is 11.8 Å². The number of rotatable bonds is 8. The highest BCUT2D eigenvalue weighted by Gasteiger charge is 2.45. The molecule has 1 aliphatic heterocycles. The van der Waals surface area contributed by atoms with Crippen molar-refractivity contribution < 1.29 is 43.6 Å². The molecule has 12 heteroatoms. The largest absolute Gasteiger partial charge is 0.505 e. The molecule has 10 nitrogen and oxygen atoms in total. The summed E-state index contributed by atoms with van der Waals surface area (Å²) < 4.78 is 15.3. The Hall–Kier alpha value is -4.16. The van der Waals surface area contributed by atoms with Crippen LogP contribution in [0.1, 0.15) is 54.1 Å². The third kappa shape index (κ3) is 4.66. The van der Waals surface area contributed by atoms with Crippen LogP contribution < -0.4 is 9.64 Å². The van der Waals surface area contributed by atoms with E-state index in [-0.39, 0.29) is 50.9 Å². The second-order valence-electron chi connectivity index (χ2n) is 8.26. The Morgan fingerprint density at radius 1 is 0.795 bits per heavy atom. The van der Waals surface area contributed by atoms with Gasteiger partial charge in [0.2, 0.25) is 0 Å². The van der Waals surface area contributed by atoms with Crippen molar-refractivity contribution in [2.24, 2.45) is 0 Å². The number of ether oxygens (including phenoxy) is 3. The SMILES string of the molecule is CCOC(=O)c1c(C)sc(C2=C(c3sc(C)c(C(=O)OCC)c3O)C(=O)N(c3ccc(OC)cc3)C2=O)c1O. The number of esters is 2. The molecule has 0 bridgehead atoms. The molecule has 4 rings (SSSR count). The van der Waals surface area contributed by atoms with Crippen LogP contribution in [-0.4, -0.2) is 54.3 Å². The van der Waals surface area contributed by atoms with Gasteiger partial charge >= 0.3 is 11.9 Å². The summed E-state index contributed by atoms with van der Waals surface area (Å²) in [5.41, 5.74) is -0.459. The van der Waals surface area contributed by atoms with E-state index >= 15 is 0 Å². The van der Waals surface area contributed by atoms with Gasteiger partial charge in [-0.05, 0) is 52.0 Å². The molecule has 3 heterocycles. The molecule has 0 atom stereocenters. The monoisotopic (exact) mass is 571 g/mol. The third-order valence-corrected chi connectivity index (χ3v) is 8.17. The van der Waals surface area contributed by atoms with E-state index < -0.39 is 35.3 Å². The lowest BCUT2D eigenvalue weighted by molar-refractivity contribution is -0.119. The van der Waals surface area contributed by atoms with Crippen LogP contribution >= 0.6 is 22.7 Å². The molecular weight excluding hydrogens is 546 g/mol. The number of carbonyl (C=O) groups is 4. The summed E-state index contributed by atoms with van der Waals surface area (Å²) in [7, 11) is 1.48. The lowest BCUT2D eigenvalue weighted by Gasteiger charge is -2.15. The maximum atomic E-state index is 13.9. The normalized spacial score (nSPS) is 13.3. The number of methoxy groups -OCH3 is 1.